The van der Waals surface area contributed by atoms with Crippen molar-refractivity contribution >= 4 is 17.4 Å². The molecule has 1 aromatic carbocycles. The number of halogens is 1. The maximum absolute atomic E-state index is 6.02. The summed E-state index contributed by atoms with van der Waals surface area (Å²) in [5, 5.41) is 3.77. The Morgan fingerprint density at radius 2 is 2.26 bits per heavy atom. The first-order chi connectivity index (χ1) is 9.20. The van der Waals surface area contributed by atoms with Gasteiger partial charge in [0.05, 0.1) is 18.8 Å². The molecule has 0 bridgehead atoms. The second-order valence-corrected chi connectivity index (χ2v) is 4.50. The zero-order chi connectivity index (χ0) is 13.7. The second kappa shape index (κ2) is 6.38. The summed E-state index contributed by atoms with van der Waals surface area (Å²) in [5.74, 6) is 1.49. The van der Waals surface area contributed by atoms with Crippen molar-refractivity contribution in [3.63, 3.8) is 0 Å². The molecule has 0 spiro atoms. The highest BCUT2D eigenvalue weighted by atomic mass is 35.5. The maximum Gasteiger partial charge on any atom is 0.148 e. The zero-order valence-corrected chi connectivity index (χ0v) is 11.7. The maximum atomic E-state index is 6.02. The van der Waals surface area contributed by atoms with Crippen molar-refractivity contribution in [1.29, 1.82) is 0 Å². The lowest BCUT2D eigenvalue weighted by Crippen LogP contribution is -2.08. The molecule has 0 aliphatic rings. The van der Waals surface area contributed by atoms with Crippen molar-refractivity contribution in [3.8, 4) is 5.75 Å². The van der Waals surface area contributed by atoms with Crippen LogP contribution in [0.2, 0.25) is 5.02 Å². The first kappa shape index (κ1) is 13.6. The lowest BCUT2D eigenvalue weighted by atomic mass is 10.1. The summed E-state index contributed by atoms with van der Waals surface area (Å²) < 4.78 is 5.49. The number of rotatable bonds is 5. The molecule has 0 amide bonds. The van der Waals surface area contributed by atoms with Crippen LogP contribution in [-0.2, 0) is 0 Å². The van der Waals surface area contributed by atoms with E-state index in [2.05, 4.69) is 15.3 Å². The topological polar surface area (TPSA) is 47.0 Å². The average molecular weight is 278 g/mol. The van der Waals surface area contributed by atoms with Gasteiger partial charge in [0, 0.05) is 0 Å². The Balaban J connectivity index is 2.13. The van der Waals surface area contributed by atoms with Gasteiger partial charge in [-0.3, -0.25) is 0 Å². The van der Waals surface area contributed by atoms with E-state index in [-0.39, 0.29) is 6.04 Å². The highest BCUT2D eigenvalue weighted by molar-refractivity contribution is 6.32. The zero-order valence-electron chi connectivity index (χ0n) is 10.9. The van der Waals surface area contributed by atoms with Crippen LogP contribution in [0.5, 0.6) is 5.75 Å². The van der Waals surface area contributed by atoms with Crippen molar-refractivity contribution in [2.24, 2.45) is 0 Å². The Bertz CT molecular complexity index is 548. The van der Waals surface area contributed by atoms with Crippen LogP contribution in [-0.4, -0.2) is 16.6 Å². The third-order valence-corrected chi connectivity index (χ3v) is 2.97. The van der Waals surface area contributed by atoms with E-state index < -0.39 is 0 Å². The van der Waals surface area contributed by atoms with Crippen LogP contribution in [0.15, 0.2) is 36.8 Å². The lowest BCUT2D eigenvalue weighted by Gasteiger charge is -2.16. The van der Waals surface area contributed by atoms with Crippen LogP contribution in [0, 0.1) is 0 Å². The van der Waals surface area contributed by atoms with Crippen molar-refractivity contribution in [2.45, 2.75) is 19.9 Å². The Kier molecular flexibility index (Phi) is 4.58. The molecule has 0 aliphatic carbocycles. The number of benzene rings is 1. The number of ether oxygens (including phenoxy) is 1. The molecule has 0 saturated heterocycles. The summed E-state index contributed by atoms with van der Waals surface area (Å²) in [6.07, 6.45) is 3.04. The highest BCUT2D eigenvalue weighted by Crippen LogP contribution is 2.25. The molecule has 0 fully saturated rings. The van der Waals surface area contributed by atoms with E-state index in [1.807, 2.05) is 38.1 Å². The van der Waals surface area contributed by atoms with Gasteiger partial charge in [-0.15, -0.1) is 0 Å². The lowest BCUT2D eigenvalue weighted by molar-refractivity contribution is 0.340. The molecule has 1 heterocycles. The van der Waals surface area contributed by atoms with Gasteiger partial charge in [-0.2, -0.15) is 0 Å². The Hall–Kier alpha value is -1.81. The van der Waals surface area contributed by atoms with E-state index >= 15 is 0 Å². The van der Waals surface area contributed by atoms with Crippen LogP contribution in [0.4, 0.5) is 5.82 Å². The first-order valence-electron chi connectivity index (χ1n) is 6.15. The fourth-order valence-corrected chi connectivity index (χ4v) is 1.91. The second-order valence-electron chi connectivity index (χ2n) is 4.09. The van der Waals surface area contributed by atoms with Gasteiger partial charge < -0.3 is 10.1 Å². The fourth-order valence-electron chi connectivity index (χ4n) is 1.75. The summed E-state index contributed by atoms with van der Waals surface area (Å²) in [6, 6.07) is 8.04. The molecule has 2 rings (SSSR count). The predicted molar refractivity (Wildman–Crippen MR) is 76.7 cm³/mol. The minimum atomic E-state index is 0.0767. The summed E-state index contributed by atoms with van der Waals surface area (Å²) >= 11 is 6.02. The third kappa shape index (κ3) is 3.58. The molecule has 19 heavy (non-hydrogen) atoms. The number of nitrogens with one attached hydrogen (secondary N) is 1. The fraction of sp³-hybridized carbons (Fsp3) is 0.286. The molecule has 1 aromatic heterocycles. The molecule has 100 valence electrons. The van der Waals surface area contributed by atoms with Crippen LogP contribution in [0.25, 0.3) is 0 Å². The van der Waals surface area contributed by atoms with Crippen LogP contribution in [0.1, 0.15) is 25.5 Å². The van der Waals surface area contributed by atoms with E-state index in [1.54, 1.807) is 6.20 Å². The van der Waals surface area contributed by atoms with E-state index in [1.165, 1.54) is 6.33 Å². The first-order valence-corrected chi connectivity index (χ1v) is 6.53. The van der Waals surface area contributed by atoms with Crippen LogP contribution >= 0.6 is 11.6 Å². The SMILES string of the molecule is CCOc1cccc(C(C)Nc2ncncc2Cl)c1. The molecule has 5 heteroatoms. The molecule has 1 N–H and O–H groups in total. The van der Waals surface area contributed by atoms with Crippen molar-refractivity contribution < 1.29 is 4.74 Å². The number of nitrogens with zero attached hydrogens (tertiary/aromatic N) is 2. The molecular formula is C14H16ClN3O. The monoisotopic (exact) mass is 277 g/mol. The largest absolute Gasteiger partial charge is 0.494 e. The summed E-state index contributed by atoms with van der Waals surface area (Å²) in [6.45, 7) is 4.67. The van der Waals surface area contributed by atoms with Gasteiger partial charge in [-0.1, -0.05) is 23.7 Å². The summed E-state index contributed by atoms with van der Waals surface area (Å²) in [4.78, 5) is 7.98. The van der Waals surface area contributed by atoms with Gasteiger partial charge >= 0.3 is 0 Å². The number of anilines is 1. The number of hydrogen-bond acceptors (Lipinski definition) is 4. The summed E-state index contributed by atoms with van der Waals surface area (Å²) in [5.41, 5.74) is 1.11. The van der Waals surface area contributed by atoms with E-state index in [0.29, 0.717) is 17.4 Å². The molecule has 1 unspecified atom stereocenters. The van der Waals surface area contributed by atoms with Gasteiger partial charge in [0.2, 0.25) is 0 Å². The van der Waals surface area contributed by atoms with Crippen LogP contribution in [0.3, 0.4) is 0 Å². The molecule has 4 nitrogen and oxygen atoms in total. The normalized spacial score (nSPS) is 11.9. The smallest absolute Gasteiger partial charge is 0.148 e. The minimum absolute atomic E-state index is 0.0767. The standard InChI is InChI=1S/C14H16ClN3O/c1-3-19-12-6-4-5-11(7-12)10(2)18-14-13(15)8-16-9-17-14/h4-10H,3H2,1-2H3,(H,16,17,18). The van der Waals surface area contributed by atoms with Crippen molar-refractivity contribution in [3.05, 3.63) is 47.4 Å². The molecule has 0 radical (unpaired) electrons. The minimum Gasteiger partial charge on any atom is -0.494 e. The van der Waals surface area contributed by atoms with Gasteiger partial charge in [-0.25, -0.2) is 9.97 Å². The highest BCUT2D eigenvalue weighted by Gasteiger charge is 2.09. The van der Waals surface area contributed by atoms with Crippen LogP contribution < -0.4 is 10.1 Å². The molecule has 1 atom stereocenters. The summed E-state index contributed by atoms with van der Waals surface area (Å²) in [7, 11) is 0. The van der Waals surface area contributed by atoms with E-state index in [0.717, 1.165) is 11.3 Å². The average Bonchev–Trinajstić information content (AvgIpc) is 2.42. The molecule has 2 aromatic rings. The number of hydrogen-bond donors (Lipinski definition) is 1. The Morgan fingerprint density at radius 1 is 1.42 bits per heavy atom. The van der Waals surface area contributed by atoms with Gasteiger partial charge in [0.1, 0.15) is 22.9 Å². The molecular weight excluding hydrogens is 262 g/mol. The molecule has 0 saturated carbocycles. The van der Waals surface area contributed by atoms with E-state index in [4.69, 9.17) is 16.3 Å². The van der Waals surface area contributed by atoms with Crippen molar-refractivity contribution in [1.82, 2.24) is 9.97 Å². The van der Waals surface area contributed by atoms with Gasteiger partial charge in [-0.05, 0) is 31.5 Å². The number of aromatic nitrogens is 2. The Labute approximate surface area is 117 Å². The predicted octanol–water partition coefficient (Wildman–Crippen LogP) is 3.70. The van der Waals surface area contributed by atoms with E-state index in [9.17, 15) is 0 Å². The van der Waals surface area contributed by atoms with Gasteiger partial charge in [0.25, 0.3) is 0 Å². The van der Waals surface area contributed by atoms with Gasteiger partial charge in [0.15, 0.2) is 0 Å². The third-order valence-electron chi connectivity index (χ3n) is 2.69. The molecule has 0 aliphatic heterocycles. The van der Waals surface area contributed by atoms with Crippen molar-refractivity contribution in [2.75, 3.05) is 11.9 Å². The quantitative estimate of drug-likeness (QED) is 0.905. The Morgan fingerprint density at radius 3 is 3.00 bits per heavy atom.